The van der Waals surface area contributed by atoms with Gasteiger partial charge in [-0.15, -0.1) is 0 Å². The summed E-state index contributed by atoms with van der Waals surface area (Å²) >= 11 is 0. The maximum atomic E-state index is 9.62. The van der Waals surface area contributed by atoms with Gasteiger partial charge in [-0.25, -0.2) is 4.99 Å². The number of aromatic hydroxyl groups is 1. The number of piperidine rings is 1. The lowest BCUT2D eigenvalue weighted by atomic mass is 9.97. The number of nitrogens with zero attached hydrogens (tertiary/aromatic N) is 2. The van der Waals surface area contributed by atoms with E-state index in [4.69, 9.17) is 4.99 Å². The molecular weight excluding hydrogens is 348 g/mol. The van der Waals surface area contributed by atoms with E-state index in [1.807, 2.05) is 12.1 Å². The number of likely N-dealkylation sites (tertiary alicyclic amines) is 1. The molecule has 0 aromatic heterocycles. The molecule has 1 heterocycles. The number of hydrogen-bond acceptors (Lipinski definition) is 3. The normalized spacial score (nSPS) is 20.7. The molecule has 0 spiro atoms. The fourth-order valence-corrected chi connectivity index (χ4v) is 3.74. The van der Waals surface area contributed by atoms with Crippen molar-refractivity contribution in [2.45, 2.75) is 51.9 Å². The van der Waals surface area contributed by atoms with Crippen LogP contribution in [0.25, 0.3) is 0 Å². The summed E-state index contributed by atoms with van der Waals surface area (Å²) in [5, 5.41) is 16.6. The van der Waals surface area contributed by atoms with Gasteiger partial charge in [0.2, 0.25) is 0 Å². The van der Waals surface area contributed by atoms with Crippen LogP contribution in [0.2, 0.25) is 0 Å². The van der Waals surface area contributed by atoms with E-state index in [2.05, 4.69) is 59.7 Å². The summed E-state index contributed by atoms with van der Waals surface area (Å²) < 4.78 is 0. The molecule has 2 aromatic carbocycles. The Balaban J connectivity index is 1.54. The van der Waals surface area contributed by atoms with Crippen molar-refractivity contribution in [2.75, 3.05) is 13.1 Å². The Kier molecular flexibility index (Phi) is 7.31. The molecule has 2 unspecified atom stereocenters. The van der Waals surface area contributed by atoms with Crippen LogP contribution in [0.3, 0.4) is 0 Å². The lowest BCUT2D eigenvalue weighted by Gasteiger charge is -2.38. The lowest BCUT2D eigenvalue weighted by Crippen LogP contribution is -2.51. The van der Waals surface area contributed by atoms with E-state index in [0.29, 0.717) is 18.6 Å². The quantitative estimate of drug-likeness (QED) is 0.530. The van der Waals surface area contributed by atoms with Crippen LogP contribution in [0.1, 0.15) is 37.8 Å². The molecule has 28 heavy (non-hydrogen) atoms. The van der Waals surface area contributed by atoms with Crippen LogP contribution >= 0.6 is 0 Å². The molecular formula is C23H32N4O. The van der Waals surface area contributed by atoms with E-state index in [1.54, 1.807) is 12.1 Å². The predicted molar refractivity (Wildman–Crippen MR) is 115 cm³/mol. The number of phenolic OH excluding ortho intramolecular Hbond substituents is 1. The Morgan fingerprint density at radius 1 is 1.14 bits per heavy atom. The molecule has 2 atom stereocenters. The molecule has 0 saturated carbocycles. The van der Waals surface area contributed by atoms with Gasteiger partial charge < -0.3 is 15.7 Å². The van der Waals surface area contributed by atoms with E-state index >= 15 is 0 Å². The SMILES string of the molecule is CCNC(=NCc1cccc(O)c1)NC1CCN(Cc2ccccc2)C(C)C1. The topological polar surface area (TPSA) is 59.9 Å². The van der Waals surface area contributed by atoms with Crippen molar-refractivity contribution < 1.29 is 5.11 Å². The zero-order valence-corrected chi connectivity index (χ0v) is 16.9. The molecule has 2 aromatic rings. The number of rotatable bonds is 6. The largest absolute Gasteiger partial charge is 0.508 e. The van der Waals surface area contributed by atoms with Crippen molar-refractivity contribution in [3.05, 3.63) is 65.7 Å². The highest BCUT2D eigenvalue weighted by Gasteiger charge is 2.25. The van der Waals surface area contributed by atoms with Crippen molar-refractivity contribution in [3.63, 3.8) is 0 Å². The second-order valence-corrected chi connectivity index (χ2v) is 7.54. The van der Waals surface area contributed by atoms with Gasteiger partial charge in [0.25, 0.3) is 0 Å². The molecule has 1 fully saturated rings. The van der Waals surface area contributed by atoms with Crippen molar-refractivity contribution >= 4 is 5.96 Å². The van der Waals surface area contributed by atoms with E-state index in [1.165, 1.54) is 5.56 Å². The summed E-state index contributed by atoms with van der Waals surface area (Å²) in [5.41, 5.74) is 2.38. The minimum atomic E-state index is 0.283. The van der Waals surface area contributed by atoms with Gasteiger partial charge in [0.05, 0.1) is 6.54 Å². The summed E-state index contributed by atoms with van der Waals surface area (Å²) in [6, 6.07) is 18.9. The summed E-state index contributed by atoms with van der Waals surface area (Å²) in [6.45, 7) is 7.87. The third kappa shape index (κ3) is 5.99. The first-order valence-electron chi connectivity index (χ1n) is 10.2. The van der Waals surface area contributed by atoms with Crippen LogP contribution in [0.5, 0.6) is 5.75 Å². The van der Waals surface area contributed by atoms with Crippen molar-refractivity contribution in [2.24, 2.45) is 4.99 Å². The second-order valence-electron chi connectivity index (χ2n) is 7.54. The van der Waals surface area contributed by atoms with Gasteiger partial charge in [0, 0.05) is 31.7 Å². The Hall–Kier alpha value is -2.53. The number of phenols is 1. The molecule has 5 nitrogen and oxygen atoms in total. The Bertz CT molecular complexity index is 762. The van der Waals surface area contributed by atoms with Crippen LogP contribution in [-0.2, 0) is 13.1 Å². The first kappa shape index (κ1) is 20.2. The van der Waals surface area contributed by atoms with Gasteiger partial charge in [-0.2, -0.15) is 0 Å². The fourth-order valence-electron chi connectivity index (χ4n) is 3.74. The summed E-state index contributed by atoms with van der Waals surface area (Å²) in [5.74, 6) is 1.13. The van der Waals surface area contributed by atoms with Crippen LogP contribution in [0, 0.1) is 0 Å². The van der Waals surface area contributed by atoms with Gasteiger partial charge in [-0.3, -0.25) is 4.90 Å². The molecule has 5 heteroatoms. The average Bonchev–Trinajstić information content (AvgIpc) is 2.69. The van der Waals surface area contributed by atoms with Gasteiger partial charge in [0.1, 0.15) is 5.75 Å². The molecule has 0 radical (unpaired) electrons. The molecule has 150 valence electrons. The smallest absolute Gasteiger partial charge is 0.191 e. The maximum absolute atomic E-state index is 9.62. The van der Waals surface area contributed by atoms with Crippen LogP contribution < -0.4 is 10.6 Å². The summed E-state index contributed by atoms with van der Waals surface area (Å²) in [6.07, 6.45) is 2.21. The number of nitrogens with one attached hydrogen (secondary N) is 2. The van der Waals surface area contributed by atoms with Gasteiger partial charge >= 0.3 is 0 Å². The van der Waals surface area contributed by atoms with Gasteiger partial charge in [-0.05, 0) is 49.9 Å². The molecule has 0 amide bonds. The Labute approximate surface area is 168 Å². The fraction of sp³-hybridized carbons (Fsp3) is 0.435. The minimum absolute atomic E-state index is 0.283. The number of guanidine groups is 1. The monoisotopic (exact) mass is 380 g/mol. The van der Waals surface area contributed by atoms with Gasteiger partial charge in [-0.1, -0.05) is 42.5 Å². The number of aliphatic imine (C=N–C) groups is 1. The number of benzene rings is 2. The molecule has 3 N–H and O–H groups in total. The van der Waals surface area contributed by atoms with Crippen molar-refractivity contribution in [1.82, 2.24) is 15.5 Å². The zero-order valence-electron chi connectivity index (χ0n) is 16.9. The lowest BCUT2D eigenvalue weighted by molar-refractivity contribution is 0.134. The highest BCUT2D eigenvalue weighted by molar-refractivity contribution is 5.80. The Morgan fingerprint density at radius 3 is 2.64 bits per heavy atom. The van der Waals surface area contributed by atoms with Crippen molar-refractivity contribution in [1.29, 1.82) is 0 Å². The zero-order chi connectivity index (χ0) is 19.8. The first-order chi connectivity index (χ1) is 13.6. The molecule has 0 aliphatic carbocycles. The highest BCUT2D eigenvalue weighted by atomic mass is 16.3. The van der Waals surface area contributed by atoms with E-state index in [-0.39, 0.29) is 5.75 Å². The molecule has 1 aliphatic rings. The average molecular weight is 381 g/mol. The van der Waals surface area contributed by atoms with Crippen molar-refractivity contribution in [3.8, 4) is 5.75 Å². The third-order valence-electron chi connectivity index (χ3n) is 5.26. The van der Waals surface area contributed by atoms with E-state index in [0.717, 1.165) is 44.0 Å². The number of hydrogen-bond donors (Lipinski definition) is 3. The molecule has 3 rings (SSSR count). The van der Waals surface area contributed by atoms with Crippen LogP contribution in [-0.4, -0.2) is 41.1 Å². The molecule has 1 saturated heterocycles. The van der Waals surface area contributed by atoms with Crippen LogP contribution in [0.4, 0.5) is 0 Å². The van der Waals surface area contributed by atoms with E-state index in [9.17, 15) is 5.11 Å². The summed E-state index contributed by atoms with van der Waals surface area (Å²) in [7, 11) is 0. The maximum Gasteiger partial charge on any atom is 0.191 e. The van der Waals surface area contributed by atoms with Crippen LogP contribution in [0.15, 0.2) is 59.6 Å². The van der Waals surface area contributed by atoms with Gasteiger partial charge in [0.15, 0.2) is 5.96 Å². The minimum Gasteiger partial charge on any atom is -0.508 e. The molecule has 0 bridgehead atoms. The molecule has 1 aliphatic heterocycles. The summed E-state index contributed by atoms with van der Waals surface area (Å²) in [4.78, 5) is 7.26. The Morgan fingerprint density at radius 2 is 1.93 bits per heavy atom. The highest BCUT2D eigenvalue weighted by Crippen LogP contribution is 2.20. The standard InChI is InChI=1S/C23H32N4O/c1-3-24-23(25-16-20-10-7-11-22(28)15-20)26-21-12-13-27(18(2)14-21)17-19-8-5-4-6-9-19/h4-11,15,18,21,28H,3,12-14,16-17H2,1-2H3,(H2,24,25,26). The second kappa shape index (κ2) is 10.1. The van der Waals surface area contributed by atoms with E-state index < -0.39 is 0 Å². The first-order valence-corrected chi connectivity index (χ1v) is 10.2. The third-order valence-corrected chi connectivity index (χ3v) is 5.26. The predicted octanol–water partition coefficient (Wildman–Crippen LogP) is 3.50.